The van der Waals surface area contributed by atoms with Gasteiger partial charge in [0.2, 0.25) is 5.91 Å². The maximum Gasteiger partial charge on any atom is 0.341 e. The van der Waals surface area contributed by atoms with Crippen LogP contribution in [-0.2, 0) is 14.3 Å². The zero-order valence-corrected chi connectivity index (χ0v) is 28.7. The van der Waals surface area contributed by atoms with E-state index < -0.39 is 23.0 Å². The first-order valence-corrected chi connectivity index (χ1v) is 17.2. The van der Waals surface area contributed by atoms with Crippen LogP contribution in [0.15, 0.2) is 119 Å². The number of pyridine rings is 1. The second-order valence-corrected chi connectivity index (χ2v) is 13.0. The molecule has 0 spiro atoms. The highest BCUT2D eigenvalue weighted by Gasteiger charge is 2.25. The van der Waals surface area contributed by atoms with E-state index in [1.54, 1.807) is 79.1 Å². The third-order valence-electron chi connectivity index (χ3n) is 7.34. The number of methoxy groups -OCH3 is 1. The number of aryl methyl sites for hydroxylation is 1. The number of carbonyl (C=O) groups excluding carboxylic acids is 4. The number of nitrogens with one attached hydrogen (secondary N) is 3. The number of ether oxygens (including phenoxy) is 1. The van der Waals surface area contributed by atoms with Crippen LogP contribution in [0.4, 0.5) is 10.7 Å². The molecule has 5 aromatic rings. The number of hydrogen-bond acceptors (Lipinski definition) is 8. The Morgan fingerprint density at radius 3 is 2.41 bits per heavy atom. The summed E-state index contributed by atoms with van der Waals surface area (Å²) in [6, 6.07) is 27.0. The minimum atomic E-state index is -0.534. The molecule has 2 heterocycles. The van der Waals surface area contributed by atoms with Gasteiger partial charge in [0.1, 0.15) is 16.3 Å². The van der Waals surface area contributed by atoms with Crippen LogP contribution in [0.25, 0.3) is 17.2 Å². The second-order valence-electron chi connectivity index (χ2n) is 10.9. The van der Waals surface area contributed by atoms with E-state index >= 15 is 0 Å². The molecule has 0 radical (unpaired) electrons. The summed E-state index contributed by atoms with van der Waals surface area (Å²) >= 11 is 2.60. The normalized spacial score (nSPS) is 11.7. The summed E-state index contributed by atoms with van der Waals surface area (Å²) in [5.74, 6) is -1.76. The van der Waals surface area contributed by atoms with Crippen molar-refractivity contribution in [3.05, 3.63) is 137 Å². The molecule has 3 amide bonds. The van der Waals surface area contributed by atoms with E-state index in [1.807, 2.05) is 49.6 Å². The quantitative estimate of drug-likeness (QED) is 0.0692. The van der Waals surface area contributed by atoms with Gasteiger partial charge in [-0.05, 0) is 66.9 Å². The summed E-state index contributed by atoms with van der Waals surface area (Å²) in [5.41, 5.74) is 4.49. The third-order valence-corrected chi connectivity index (χ3v) is 9.59. The predicted octanol–water partition coefficient (Wildman–Crippen LogP) is 7.82. The summed E-state index contributed by atoms with van der Waals surface area (Å²) in [6.07, 6.45) is 5.26. The Morgan fingerprint density at radius 1 is 0.939 bits per heavy atom. The van der Waals surface area contributed by atoms with Gasteiger partial charge in [0.15, 0.2) is 0 Å². The first kappa shape index (κ1) is 34.8. The van der Waals surface area contributed by atoms with Gasteiger partial charge >= 0.3 is 5.97 Å². The Bertz CT molecular complexity index is 1980. The van der Waals surface area contributed by atoms with Gasteiger partial charge in [-0.1, -0.05) is 67.1 Å². The van der Waals surface area contributed by atoms with Crippen LogP contribution in [0.3, 0.4) is 0 Å². The van der Waals surface area contributed by atoms with Gasteiger partial charge in [0.25, 0.3) is 11.8 Å². The second kappa shape index (κ2) is 16.5. The highest BCUT2D eigenvalue weighted by atomic mass is 32.2. The van der Waals surface area contributed by atoms with E-state index in [0.29, 0.717) is 39.4 Å². The monoisotopic (exact) mass is 690 g/mol. The lowest BCUT2D eigenvalue weighted by atomic mass is 10.0. The maximum absolute atomic E-state index is 13.5. The molecule has 2 aromatic heterocycles. The van der Waals surface area contributed by atoms with Crippen molar-refractivity contribution < 1.29 is 23.9 Å². The van der Waals surface area contributed by atoms with Gasteiger partial charge in [-0.2, -0.15) is 0 Å². The molecule has 0 bridgehead atoms. The highest BCUT2D eigenvalue weighted by Crippen LogP contribution is 2.37. The Labute approximate surface area is 292 Å². The molecule has 0 aliphatic rings. The van der Waals surface area contributed by atoms with Crippen LogP contribution in [0.5, 0.6) is 0 Å². The van der Waals surface area contributed by atoms with Crippen molar-refractivity contribution in [3.8, 4) is 11.1 Å². The number of carbonyl (C=O) groups is 4. The maximum atomic E-state index is 13.5. The number of hydrogen-bond donors (Lipinski definition) is 3. The highest BCUT2D eigenvalue weighted by molar-refractivity contribution is 8.00. The standard InChI is InChI=1S/C38H34N4O5S2/c1-4-32(36(45)42-37-33(38(46)47-3)30(23-48-37)26-17-15-24(2)16-18-26)49-29-14-8-13-28(21-29)40-35(44)31(20-25-10-9-19-39-22-25)41-34(43)27-11-6-5-7-12-27/h5-23,32H,4H2,1-3H3,(H,40,44)(H,41,43)(H,42,45)/b31-20-. The number of rotatable bonds is 12. The molecule has 0 aliphatic heterocycles. The number of benzene rings is 3. The summed E-state index contributed by atoms with van der Waals surface area (Å²) in [5, 5.41) is 10.3. The van der Waals surface area contributed by atoms with E-state index in [9.17, 15) is 19.2 Å². The van der Waals surface area contributed by atoms with Gasteiger partial charge < -0.3 is 20.7 Å². The van der Waals surface area contributed by atoms with Crippen LogP contribution >= 0.6 is 23.1 Å². The Hall–Kier alpha value is -5.52. The molecule has 5 rings (SSSR count). The minimum Gasteiger partial charge on any atom is -0.465 e. The number of aromatic nitrogens is 1. The summed E-state index contributed by atoms with van der Waals surface area (Å²) < 4.78 is 5.07. The average Bonchev–Trinajstić information content (AvgIpc) is 3.54. The number of anilines is 2. The van der Waals surface area contributed by atoms with Crippen molar-refractivity contribution in [3.63, 3.8) is 0 Å². The Morgan fingerprint density at radius 2 is 1.71 bits per heavy atom. The fourth-order valence-electron chi connectivity index (χ4n) is 4.80. The molecule has 248 valence electrons. The number of thioether (sulfide) groups is 1. The molecule has 0 fully saturated rings. The molecular weight excluding hydrogens is 657 g/mol. The Kier molecular flexibility index (Phi) is 11.7. The smallest absolute Gasteiger partial charge is 0.341 e. The van der Waals surface area contributed by atoms with Crippen molar-refractivity contribution in [1.82, 2.24) is 10.3 Å². The number of amides is 3. The van der Waals surface area contributed by atoms with E-state index in [2.05, 4.69) is 20.9 Å². The molecular formula is C38H34N4O5S2. The van der Waals surface area contributed by atoms with Crippen LogP contribution in [0, 0.1) is 6.92 Å². The van der Waals surface area contributed by atoms with Gasteiger partial charge in [-0.15, -0.1) is 23.1 Å². The summed E-state index contributed by atoms with van der Waals surface area (Å²) in [4.78, 5) is 57.7. The van der Waals surface area contributed by atoms with Crippen LogP contribution < -0.4 is 16.0 Å². The van der Waals surface area contributed by atoms with Gasteiger partial charge in [-0.3, -0.25) is 19.4 Å². The fourth-order valence-corrected chi connectivity index (χ4v) is 6.77. The van der Waals surface area contributed by atoms with Gasteiger partial charge in [-0.25, -0.2) is 4.79 Å². The SMILES string of the molecule is CCC(Sc1cccc(NC(=O)/C(=C/c2cccnc2)NC(=O)c2ccccc2)c1)C(=O)Nc1scc(-c2ccc(C)cc2)c1C(=O)OC. The molecule has 3 N–H and O–H groups in total. The summed E-state index contributed by atoms with van der Waals surface area (Å²) in [6.45, 7) is 3.89. The van der Waals surface area contributed by atoms with E-state index in [-0.39, 0.29) is 11.6 Å². The minimum absolute atomic E-state index is 0.0353. The van der Waals surface area contributed by atoms with Crippen LogP contribution in [0.2, 0.25) is 0 Å². The first-order chi connectivity index (χ1) is 23.7. The van der Waals surface area contributed by atoms with Crippen molar-refractivity contribution in [1.29, 1.82) is 0 Å². The topological polar surface area (TPSA) is 126 Å². The molecule has 9 nitrogen and oxygen atoms in total. The van der Waals surface area contributed by atoms with Crippen molar-refractivity contribution >= 4 is 63.6 Å². The third kappa shape index (κ3) is 9.10. The lowest BCUT2D eigenvalue weighted by molar-refractivity contribution is -0.116. The van der Waals surface area contributed by atoms with Gasteiger partial charge in [0.05, 0.1) is 12.4 Å². The molecule has 3 aromatic carbocycles. The van der Waals surface area contributed by atoms with E-state index in [4.69, 9.17) is 4.74 Å². The predicted molar refractivity (Wildman–Crippen MR) is 196 cm³/mol. The molecule has 0 saturated heterocycles. The zero-order chi connectivity index (χ0) is 34.8. The van der Waals surface area contributed by atoms with Crippen LogP contribution in [0.1, 0.15) is 45.2 Å². The Balaban J connectivity index is 1.31. The van der Waals surface area contributed by atoms with Gasteiger partial charge in [0, 0.05) is 39.5 Å². The van der Waals surface area contributed by atoms with Crippen molar-refractivity contribution in [2.24, 2.45) is 0 Å². The average molecular weight is 691 g/mol. The van der Waals surface area contributed by atoms with Crippen molar-refractivity contribution in [2.75, 3.05) is 17.7 Å². The number of esters is 1. The molecule has 49 heavy (non-hydrogen) atoms. The molecule has 1 atom stereocenters. The largest absolute Gasteiger partial charge is 0.465 e. The fraction of sp³-hybridized carbons (Fsp3) is 0.132. The lowest BCUT2D eigenvalue weighted by Crippen LogP contribution is -2.30. The lowest BCUT2D eigenvalue weighted by Gasteiger charge is -2.16. The van der Waals surface area contributed by atoms with Crippen molar-refractivity contribution in [2.45, 2.75) is 30.4 Å². The zero-order valence-electron chi connectivity index (χ0n) is 27.1. The molecule has 11 heteroatoms. The summed E-state index contributed by atoms with van der Waals surface area (Å²) in [7, 11) is 1.32. The first-order valence-electron chi connectivity index (χ1n) is 15.4. The number of nitrogens with zero attached hydrogens (tertiary/aromatic N) is 1. The molecule has 1 unspecified atom stereocenters. The molecule has 0 saturated carbocycles. The number of thiophene rings is 1. The van der Waals surface area contributed by atoms with E-state index in [1.165, 1.54) is 30.2 Å². The van der Waals surface area contributed by atoms with Crippen LogP contribution in [-0.4, -0.2) is 41.0 Å². The van der Waals surface area contributed by atoms with E-state index in [0.717, 1.165) is 16.0 Å². The molecule has 0 aliphatic carbocycles.